The summed E-state index contributed by atoms with van der Waals surface area (Å²) in [5, 5.41) is 0. The first-order valence-electron chi connectivity index (χ1n) is 9.48. The van der Waals surface area contributed by atoms with Crippen LogP contribution in [0.15, 0.2) is 73.1 Å². The highest BCUT2D eigenvalue weighted by atomic mass is 16.5. The van der Waals surface area contributed by atoms with E-state index in [4.69, 9.17) is 4.74 Å². The largest absolute Gasteiger partial charge is 0.484 e. The zero-order chi connectivity index (χ0) is 19.1. The van der Waals surface area contributed by atoms with Crippen molar-refractivity contribution >= 4 is 11.7 Å². The van der Waals surface area contributed by atoms with Gasteiger partial charge in [0, 0.05) is 36.6 Å². The minimum absolute atomic E-state index is 0.0224. The van der Waals surface area contributed by atoms with E-state index < -0.39 is 5.60 Å². The molecule has 0 radical (unpaired) electrons. The highest BCUT2D eigenvalue weighted by Crippen LogP contribution is 2.38. The fourth-order valence-corrected chi connectivity index (χ4v) is 4.15. The monoisotopic (exact) mass is 372 g/mol. The molecule has 2 aromatic carbocycles. The Balaban J connectivity index is 1.33. The number of carbonyl (C=O) groups excluding carboxylic acids is 2. The van der Waals surface area contributed by atoms with Gasteiger partial charge in [0.2, 0.25) is 0 Å². The molecule has 0 bridgehead atoms. The Morgan fingerprint density at radius 1 is 0.964 bits per heavy atom. The summed E-state index contributed by atoms with van der Waals surface area (Å²) in [4.78, 5) is 27.3. The third kappa shape index (κ3) is 2.80. The van der Waals surface area contributed by atoms with Crippen molar-refractivity contribution in [1.29, 1.82) is 0 Å². The number of hydrogen-bond donors (Lipinski definition) is 0. The molecule has 2 aliphatic heterocycles. The number of aromatic nitrogens is 1. The zero-order valence-electron chi connectivity index (χ0n) is 15.4. The van der Waals surface area contributed by atoms with Gasteiger partial charge in [-0.15, -0.1) is 0 Å². The number of carbonyl (C=O) groups is 2. The molecule has 1 atom stereocenters. The predicted molar refractivity (Wildman–Crippen MR) is 105 cm³/mol. The molecule has 1 fully saturated rings. The van der Waals surface area contributed by atoms with Crippen LogP contribution in [-0.4, -0.2) is 39.8 Å². The molecule has 2 aliphatic rings. The van der Waals surface area contributed by atoms with Gasteiger partial charge in [-0.1, -0.05) is 12.1 Å². The van der Waals surface area contributed by atoms with E-state index in [0.29, 0.717) is 42.8 Å². The molecular formula is C23H20N2O3. The molecule has 1 saturated heterocycles. The number of rotatable bonds is 2. The molecule has 0 aliphatic carbocycles. The van der Waals surface area contributed by atoms with Gasteiger partial charge in [0.25, 0.3) is 5.91 Å². The van der Waals surface area contributed by atoms with Crippen molar-refractivity contribution in [2.75, 3.05) is 13.1 Å². The van der Waals surface area contributed by atoms with Gasteiger partial charge >= 0.3 is 0 Å². The van der Waals surface area contributed by atoms with Gasteiger partial charge in [-0.2, -0.15) is 0 Å². The molecule has 5 nitrogen and oxygen atoms in total. The fraction of sp³-hybridized carbons (Fsp3) is 0.217. The second-order valence-corrected chi connectivity index (χ2v) is 7.50. The maximum absolute atomic E-state index is 13.0. The van der Waals surface area contributed by atoms with E-state index in [1.54, 1.807) is 11.0 Å². The van der Waals surface area contributed by atoms with Crippen LogP contribution in [0.5, 0.6) is 5.75 Å². The summed E-state index contributed by atoms with van der Waals surface area (Å²) in [5.41, 5.74) is 1.69. The number of Topliss-reactive ketones (excluding diaryl/α,β-unsaturated/α-hetero) is 1. The first-order valence-corrected chi connectivity index (χ1v) is 9.48. The number of amides is 1. The maximum atomic E-state index is 13.0. The van der Waals surface area contributed by atoms with Crippen LogP contribution in [0.2, 0.25) is 0 Å². The summed E-state index contributed by atoms with van der Waals surface area (Å²) >= 11 is 0. The van der Waals surface area contributed by atoms with E-state index in [1.165, 1.54) is 0 Å². The molecule has 1 amide bonds. The Morgan fingerprint density at radius 3 is 2.50 bits per heavy atom. The lowest BCUT2D eigenvalue weighted by atomic mass is 9.89. The Hall–Kier alpha value is -3.34. The van der Waals surface area contributed by atoms with E-state index in [-0.39, 0.29) is 11.7 Å². The standard InChI is InChI=1S/C23H20N2O3/c26-20-15-23(28-21-6-2-1-5-19(20)21)11-14-25(16-23)22(27)17-7-9-18(10-8-17)24-12-3-4-13-24/h1-10,12-13H,11,14-16H2. The van der Waals surface area contributed by atoms with Gasteiger partial charge in [-0.3, -0.25) is 9.59 Å². The van der Waals surface area contributed by atoms with Crippen LogP contribution in [0.4, 0.5) is 0 Å². The summed E-state index contributed by atoms with van der Waals surface area (Å²) < 4.78 is 8.22. The quantitative estimate of drug-likeness (QED) is 0.689. The maximum Gasteiger partial charge on any atom is 0.253 e. The van der Waals surface area contributed by atoms with E-state index >= 15 is 0 Å². The van der Waals surface area contributed by atoms with Gasteiger partial charge in [0.1, 0.15) is 11.4 Å². The van der Waals surface area contributed by atoms with E-state index in [9.17, 15) is 9.59 Å². The predicted octanol–water partition coefficient (Wildman–Crippen LogP) is 3.73. The first-order chi connectivity index (χ1) is 13.6. The molecule has 5 rings (SSSR count). The lowest BCUT2D eigenvalue weighted by molar-refractivity contribution is 0.0428. The summed E-state index contributed by atoms with van der Waals surface area (Å²) in [7, 11) is 0. The molecule has 1 spiro atoms. The highest BCUT2D eigenvalue weighted by molar-refractivity contribution is 6.00. The number of hydrogen-bond acceptors (Lipinski definition) is 3. The van der Waals surface area contributed by atoms with Crippen molar-refractivity contribution < 1.29 is 14.3 Å². The lowest BCUT2D eigenvalue weighted by Gasteiger charge is -2.34. The van der Waals surface area contributed by atoms with Crippen LogP contribution in [0, 0.1) is 0 Å². The molecule has 140 valence electrons. The second kappa shape index (κ2) is 6.37. The van der Waals surface area contributed by atoms with Crippen molar-refractivity contribution in [3.05, 3.63) is 84.2 Å². The molecular weight excluding hydrogens is 352 g/mol. The number of likely N-dealkylation sites (tertiary alicyclic amines) is 1. The molecule has 3 aromatic rings. The van der Waals surface area contributed by atoms with Crippen molar-refractivity contribution in [3.63, 3.8) is 0 Å². The van der Waals surface area contributed by atoms with Gasteiger partial charge < -0.3 is 14.2 Å². The van der Waals surface area contributed by atoms with Gasteiger partial charge in [-0.25, -0.2) is 0 Å². The van der Waals surface area contributed by atoms with Crippen LogP contribution < -0.4 is 4.74 Å². The van der Waals surface area contributed by atoms with Crippen molar-refractivity contribution in [1.82, 2.24) is 9.47 Å². The SMILES string of the molecule is O=C1CC2(CCN(C(=O)c3ccc(-n4cccc4)cc3)C2)Oc2ccccc21. The Morgan fingerprint density at radius 2 is 1.71 bits per heavy atom. The molecule has 0 saturated carbocycles. The Kier molecular flexibility index (Phi) is 3.83. The zero-order valence-corrected chi connectivity index (χ0v) is 15.4. The minimum atomic E-state index is -0.605. The van der Waals surface area contributed by atoms with E-state index in [0.717, 1.165) is 5.69 Å². The minimum Gasteiger partial charge on any atom is -0.484 e. The Bertz CT molecular complexity index is 1040. The van der Waals surface area contributed by atoms with Crippen molar-refractivity contribution in [2.45, 2.75) is 18.4 Å². The van der Waals surface area contributed by atoms with Gasteiger partial charge in [-0.05, 0) is 48.5 Å². The van der Waals surface area contributed by atoms with Crippen LogP contribution in [0.1, 0.15) is 33.6 Å². The fourth-order valence-electron chi connectivity index (χ4n) is 4.15. The topological polar surface area (TPSA) is 51.5 Å². The van der Waals surface area contributed by atoms with Crippen LogP contribution in [0.25, 0.3) is 5.69 Å². The van der Waals surface area contributed by atoms with Crippen LogP contribution in [0.3, 0.4) is 0 Å². The van der Waals surface area contributed by atoms with E-state index in [2.05, 4.69) is 0 Å². The summed E-state index contributed by atoms with van der Waals surface area (Å²) in [5.74, 6) is 0.696. The molecule has 3 heterocycles. The van der Waals surface area contributed by atoms with Crippen molar-refractivity contribution in [2.24, 2.45) is 0 Å². The average molecular weight is 372 g/mol. The third-order valence-corrected chi connectivity index (χ3v) is 5.62. The number of nitrogens with zero attached hydrogens (tertiary/aromatic N) is 2. The number of benzene rings is 2. The number of para-hydroxylation sites is 1. The average Bonchev–Trinajstić information content (AvgIpc) is 3.38. The summed E-state index contributed by atoms with van der Waals surface area (Å²) in [6, 6.07) is 18.9. The lowest BCUT2D eigenvalue weighted by Crippen LogP contribution is -2.45. The van der Waals surface area contributed by atoms with Crippen molar-refractivity contribution in [3.8, 4) is 11.4 Å². The smallest absolute Gasteiger partial charge is 0.253 e. The highest BCUT2D eigenvalue weighted by Gasteiger charge is 2.46. The molecule has 1 aromatic heterocycles. The second-order valence-electron chi connectivity index (χ2n) is 7.50. The van der Waals surface area contributed by atoms with E-state index in [1.807, 2.05) is 71.6 Å². The van der Waals surface area contributed by atoms with Gasteiger partial charge in [0.15, 0.2) is 5.78 Å². The number of fused-ring (bicyclic) bond motifs is 1. The normalized spacial score (nSPS) is 20.9. The van der Waals surface area contributed by atoms with Crippen LogP contribution >= 0.6 is 0 Å². The number of ketones is 1. The molecule has 0 N–H and O–H groups in total. The molecule has 28 heavy (non-hydrogen) atoms. The summed E-state index contributed by atoms with van der Waals surface area (Å²) in [6.07, 6.45) is 4.92. The molecule has 5 heteroatoms. The van der Waals surface area contributed by atoms with Crippen LogP contribution in [-0.2, 0) is 0 Å². The van der Waals surface area contributed by atoms with Gasteiger partial charge in [0.05, 0.1) is 18.5 Å². The molecule has 1 unspecified atom stereocenters. The third-order valence-electron chi connectivity index (χ3n) is 5.62. The first kappa shape index (κ1) is 16.8. The Labute approximate surface area is 163 Å². The summed E-state index contributed by atoms with van der Waals surface area (Å²) in [6.45, 7) is 1.03. The number of ether oxygens (including phenoxy) is 1.